The molecule has 2 aromatic carbocycles. The lowest BCUT2D eigenvalue weighted by atomic mass is 10.1. The van der Waals surface area contributed by atoms with E-state index in [2.05, 4.69) is 10.4 Å². The van der Waals surface area contributed by atoms with Crippen molar-refractivity contribution in [2.45, 2.75) is 13.5 Å². The summed E-state index contributed by atoms with van der Waals surface area (Å²) >= 11 is 0. The number of rotatable bonds is 5. The zero-order valence-corrected chi connectivity index (χ0v) is 13.8. The molecule has 0 aliphatic heterocycles. The molecule has 0 unspecified atom stereocenters. The van der Waals surface area contributed by atoms with E-state index in [1.807, 2.05) is 0 Å². The molecule has 1 amide bonds. The number of halogens is 1. The van der Waals surface area contributed by atoms with Crippen LogP contribution in [0, 0.1) is 22.9 Å². The molecular weight excluding hydrogens is 339 g/mol. The average Bonchev–Trinajstić information content (AvgIpc) is 3.01. The molecule has 26 heavy (non-hydrogen) atoms. The third kappa shape index (κ3) is 3.75. The number of hydrogen-bond acceptors (Lipinski definition) is 4. The largest absolute Gasteiger partial charge is 0.305 e. The predicted molar refractivity (Wildman–Crippen MR) is 93.5 cm³/mol. The third-order valence-electron chi connectivity index (χ3n) is 3.86. The van der Waals surface area contributed by atoms with Crippen LogP contribution in [0.25, 0.3) is 0 Å². The molecule has 0 spiro atoms. The molecule has 1 aromatic heterocycles. The van der Waals surface area contributed by atoms with Crippen molar-refractivity contribution in [2.75, 3.05) is 5.32 Å². The van der Waals surface area contributed by atoms with Gasteiger partial charge < -0.3 is 5.32 Å². The van der Waals surface area contributed by atoms with Crippen LogP contribution in [0.1, 0.15) is 21.5 Å². The molecular formula is C18H15FN4O3. The Kier molecular flexibility index (Phi) is 4.74. The van der Waals surface area contributed by atoms with Gasteiger partial charge in [-0.05, 0) is 30.7 Å². The maximum absolute atomic E-state index is 13.2. The van der Waals surface area contributed by atoms with Gasteiger partial charge in [0.2, 0.25) is 0 Å². The number of nitro benzene ring substituents is 1. The average molecular weight is 354 g/mol. The van der Waals surface area contributed by atoms with Crippen LogP contribution in [0.3, 0.4) is 0 Å². The first-order chi connectivity index (χ1) is 12.4. The number of amides is 1. The number of carbonyl (C=O) groups is 1. The number of carbonyl (C=O) groups excluding carboxylic acids is 1. The van der Waals surface area contributed by atoms with E-state index in [9.17, 15) is 19.3 Å². The number of nitrogens with zero attached hydrogens (tertiary/aromatic N) is 3. The van der Waals surface area contributed by atoms with Gasteiger partial charge in [0.25, 0.3) is 11.6 Å². The van der Waals surface area contributed by atoms with Gasteiger partial charge in [-0.1, -0.05) is 18.2 Å². The minimum absolute atomic E-state index is 0.116. The van der Waals surface area contributed by atoms with E-state index in [1.54, 1.807) is 29.1 Å². The Morgan fingerprint density at radius 1 is 1.27 bits per heavy atom. The Hall–Kier alpha value is -3.55. The quantitative estimate of drug-likeness (QED) is 0.560. The van der Waals surface area contributed by atoms with Crippen molar-refractivity contribution >= 4 is 17.4 Å². The first-order valence-electron chi connectivity index (χ1n) is 7.77. The summed E-state index contributed by atoms with van der Waals surface area (Å²) in [7, 11) is 0. The van der Waals surface area contributed by atoms with Gasteiger partial charge in [-0.3, -0.25) is 19.6 Å². The monoisotopic (exact) mass is 354 g/mol. The number of anilines is 1. The van der Waals surface area contributed by atoms with Crippen molar-refractivity contribution in [1.29, 1.82) is 0 Å². The zero-order valence-electron chi connectivity index (χ0n) is 13.8. The van der Waals surface area contributed by atoms with Gasteiger partial charge in [-0.15, -0.1) is 0 Å². The second kappa shape index (κ2) is 7.14. The summed E-state index contributed by atoms with van der Waals surface area (Å²) in [4.78, 5) is 22.8. The summed E-state index contributed by atoms with van der Waals surface area (Å²) in [5, 5.41) is 17.8. The number of nitrogens with one attached hydrogen (secondary N) is 1. The van der Waals surface area contributed by atoms with E-state index in [4.69, 9.17) is 0 Å². The van der Waals surface area contributed by atoms with Gasteiger partial charge in [0.1, 0.15) is 5.82 Å². The Bertz CT molecular complexity index is 984. The van der Waals surface area contributed by atoms with Gasteiger partial charge in [0.15, 0.2) is 5.82 Å². The molecule has 0 atom stereocenters. The minimum atomic E-state index is -0.528. The molecule has 0 aliphatic carbocycles. The Morgan fingerprint density at radius 3 is 2.77 bits per heavy atom. The van der Waals surface area contributed by atoms with Crippen molar-refractivity contribution in [1.82, 2.24) is 9.78 Å². The van der Waals surface area contributed by atoms with E-state index in [0.717, 1.165) is 5.56 Å². The van der Waals surface area contributed by atoms with E-state index in [0.29, 0.717) is 12.4 Å². The number of aromatic nitrogens is 2. The predicted octanol–water partition coefficient (Wildman–Crippen LogP) is 3.54. The number of nitro groups is 1. The van der Waals surface area contributed by atoms with Crippen LogP contribution in [0.4, 0.5) is 15.9 Å². The Balaban J connectivity index is 1.74. The number of benzene rings is 2. The van der Waals surface area contributed by atoms with E-state index in [1.165, 1.54) is 37.3 Å². The summed E-state index contributed by atoms with van der Waals surface area (Å²) in [5.41, 5.74) is 1.11. The molecule has 132 valence electrons. The highest BCUT2D eigenvalue weighted by atomic mass is 19.1. The topological polar surface area (TPSA) is 90.1 Å². The zero-order chi connectivity index (χ0) is 18.7. The first-order valence-corrected chi connectivity index (χ1v) is 7.77. The molecule has 0 saturated heterocycles. The number of hydrogen-bond donors (Lipinski definition) is 1. The van der Waals surface area contributed by atoms with Crippen LogP contribution < -0.4 is 5.32 Å². The fourth-order valence-corrected chi connectivity index (χ4v) is 2.59. The van der Waals surface area contributed by atoms with Crippen LogP contribution in [-0.4, -0.2) is 20.6 Å². The highest BCUT2D eigenvalue weighted by molar-refractivity contribution is 6.05. The molecule has 1 heterocycles. The Morgan fingerprint density at radius 2 is 2.04 bits per heavy atom. The lowest BCUT2D eigenvalue weighted by Gasteiger charge is -2.06. The second-order valence-corrected chi connectivity index (χ2v) is 5.69. The second-order valence-electron chi connectivity index (χ2n) is 5.69. The highest BCUT2D eigenvalue weighted by Gasteiger charge is 2.18. The normalized spacial score (nSPS) is 10.5. The Labute approximate surface area is 148 Å². The summed E-state index contributed by atoms with van der Waals surface area (Å²) < 4.78 is 14.8. The molecule has 0 radical (unpaired) electrons. The lowest BCUT2D eigenvalue weighted by Crippen LogP contribution is -2.15. The van der Waals surface area contributed by atoms with Crippen molar-refractivity contribution in [3.05, 3.63) is 87.3 Å². The van der Waals surface area contributed by atoms with Crippen molar-refractivity contribution < 1.29 is 14.1 Å². The molecule has 0 bridgehead atoms. The highest BCUT2D eigenvalue weighted by Crippen LogP contribution is 2.21. The van der Waals surface area contributed by atoms with Crippen LogP contribution in [0.15, 0.2) is 54.7 Å². The fraction of sp³-hybridized carbons (Fsp3) is 0.111. The van der Waals surface area contributed by atoms with Gasteiger partial charge in [-0.25, -0.2) is 4.39 Å². The summed E-state index contributed by atoms with van der Waals surface area (Å²) in [6.07, 6.45) is 1.65. The lowest BCUT2D eigenvalue weighted by molar-refractivity contribution is -0.385. The fourth-order valence-electron chi connectivity index (χ4n) is 2.59. The third-order valence-corrected chi connectivity index (χ3v) is 3.86. The van der Waals surface area contributed by atoms with Crippen LogP contribution in [0.5, 0.6) is 0 Å². The van der Waals surface area contributed by atoms with Gasteiger partial charge >= 0.3 is 0 Å². The minimum Gasteiger partial charge on any atom is -0.305 e. The van der Waals surface area contributed by atoms with Crippen molar-refractivity contribution in [2.24, 2.45) is 0 Å². The van der Waals surface area contributed by atoms with E-state index < -0.39 is 10.8 Å². The molecule has 0 aliphatic rings. The maximum Gasteiger partial charge on any atom is 0.273 e. The van der Waals surface area contributed by atoms with Crippen molar-refractivity contribution in [3.63, 3.8) is 0 Å². The van der Waals surface area contributed by atoms with Crippen LogP contribution in [-0.2, 0) is 6.54 Å². The molecule has 8 heteroatoms. The maximum atomic E-state index is 13.2. The summed E-state index contributed by atoms with van der Waals surface area (Å²) in [6, 6.07) is 12.1. The molecule has 0 saturated carbocycles. The van der Waals surface area contributed by atoms with Gasteiger partial charge in [0.05, 0.1) is 11.5 Å². The van der Waals surface area contributed by atoms with E-state index in [-0.39, 0.29) is 22.6 Å². The summed E-state index contributed by atoms with van der Waals surface area (Å²) in [5.74, 6) is -0.510. The molecule has 1 N–H and O–H groups in total. The molecule has 3 rings (SSSR count). The molecule has 7 nitrogen and oxygen atoms in total. The van der Waals surface area contributed by atoms with Gasteiger partial charge in [-0.2, -0.15) is 5.10 Å². The van der Waals surface area contributed by atoms with Gasteiger partial charge in [0, 0.05) is 29.5 Å². The van der Waals surface area contributed by atoms with E-state index >= 15 is 0 Å². The SMILES string of the molecule is Cc1c(C(=O)Nc2ccn(Cc3cccc(F)c3)n2)cccc1[N+](=O)[O-]. The smallest absolute Gasteiger partial charge is 0.273 e. The first kappa shape index (κ1) is 17.3. The molecule has 0 fully saturated rings. The van der Waals surface area contributed by atoms with Crippen LogP contribution in [0.2, 0.25) is 0 Å². The van der Waals surface area contributed by atoms with Crippen LogP contribution >= 0.6 is 0 Å². The summed E-state index contributed by atoms with van der Waals surface area (Å²) in [6.45, 7) is 1.87. The van der Waals surface area contributed by atoms with Crippen molar-refractivity contribution in [3.8, 4) is 0 Å². The molecule has 3 aromatic rings. The standard InChI is InChI=1S/C18H15FN4O3/c1-12-15(6-3-7-16(12)23(25)26)18(24)20-17-8-9-22(21-17)11-13-4-2-5-14(19)10-13/h2-10H,11H2,1H3,(H,20,21,24).